The third kappa shape index (κ3) is 4.87. The lowest BCUT2D eigenvalue weighted by atomic mass is 9.92. The highest BCUT2D eigenvalue weighted by Crippen LogP contribution is 2.34. The van der Waals surface area contributed by atoms with Crippen LogP contribution in [-0.2, 0) is 0 Å². The van der Waals surface area contributed by atoms with Crippen molar-refractivity contribution in [3.63, 3.8) is 0 Å². The second-order valence-corrected chi connectivity index (χ2v) is 9.19. The molecular formula is C29H23ClIN. The van der Waals surface area contributed by atoms with E-state index in [2.05, 4.69) is 133 Å². The summed E-state index contributed by atoms with van der Waals surface area (Å²) in [6.45, 7) is 8.01. The zero-order valence-corrected chi connectivity index (χ0v) is 21.0. The van der Waals surface area contributed by atoms with Gasteiger partial charge in [0, 0.05) is 5.57 Å². The van der Waals surface area contributed by atoms with Gasteiger partial charge in [-0.2, -0.15) is 0 Å². The van der Waals surface area contributed by atoms with Gasteiger partial charge in [-0.15, -0.1) is 0 Å². The molecule has 0 N–H and O–H groups in total. The quantitative estimate of drug-likeness (QED) is 0.102. The molecule has 0 bridgehead atoms. The lowest BCUT2D eigenvalue weighted by Gasteiger charge is -2.15. The Morgan fingerprint density at radius 1 is 0.812 bits per heavy atom. The third-order valence-electron chi connectivity index (χ3n) is 5.60. The topological polar surface area (TPSA) is 12.4 Å². The summed E-state index contributed by atoms with van der Waals surface area (Å²) in [4.78, 5) is 4.47. The van der Waals surface area contributed by atoms with Crippen molar-refractivity contribution in [2.75, 3.05) is 0 Å². The Morgan fingerprint density at radius 2 is 1.47 bits per heavy atom. The fraction of sp³-hybridized carbons (Fsp3) is 0.0690. The van der Waals surface area contributed by atoms with Gasteiger partial charge in [-0.05, 0) is 92.7 Å². The second kappa shape index (κ2) is 9.85. The number of allylic oxidation sites excluding steroid dienone is 2. The molecule has 32 heavy (non-hydrogen) atoms. The van der Waals surface area contributed by atoms with E-state index in [0.29, 0.717) is 0 Å². The first kappa shape index (κ1) is 22.5. The van der Waals surface area contributed by atoms with Crippen molar-refractivity contribution in [2.24, 2.45) is 4.99 Å². The van der Waals surface area contributed by atoms with E-state index in [9.17, 15) is 0 Å². The smallest absolute Gasteiger partial charge is 0.123 e. The van der Waals surface area contributed by atoms with Crippen LogP contribution < -0.4 is 0 Å². The summed E-state index contributed by atoms with van der Waals surface area (Å²) in [5.41, 5.74) is 8.18. The highest BCUT2D eigenvalue weighted by molar-refractivity contribution is 14.1. The fourth-order valence-corrected chi connectivity index (χ4v) is 5.13. The number of aryl methyl sites for hydroxylation is 1. The van der Waals surface area contributed by atoms with E-state index >= 15 is 0 Å². The minimum Gasteiger partial charge on any atom is -0.230 e. The van der Waals surface area contributed by atoms with Crippen LogP contribution in [0.15, 0.2) is 108 Å². The molecule has 4 aromatic carbocycles. The predicted octanol–water partition coefficient (Wildman–Crippen LogP) is 9.29. The number of fused-ring (bicyclic) bond motifs is 1. The van der Waals surface area contributed by atoms with Crippen LogP contribution in [0, 0.1) is 6.92 Å². The standard InChI is InChI=1S/C29H23ClIN/c1-19-9-7-8-12-27(19)28(29(31)32-21(3)30)20(2)23-13-14-26-18-24(15-16-25(26)17-23)22-10-5-4-6-11-22/h4-18H,3H2,1-2H3/b28-20+,32-29+. The van der Waals surface area contributed by atoms with E-state index in [1.807, 2.05) is 6.07 Å². The van der Waals surface area contributed by atoms with Gasteiger partial charge >= 0.3 is 0 Å². The molecule has 0 aromatic heterocycles. The van der Waals surface area contributed by atoms with E-state index in [-0.39, 0.29) is 5.16 Å². The maximum Gasteiger partial charge on any atom is 0.123 e. The molecule has 0 aliphatic heterocycles. The predicted molar refractivity (Wildman–Crippen MR) is 149 cm³/mol. The fourth-order valence-electron chi connectivity index (χ4n) is 3.92. The first-order valence-electron chi connectivity index (χ1n) is 10.4. The molecular weight excluding hydrogens is 525 g/mol. The molecule has 0 amide bonds. The van der Waals surface area contributed by atoms with Crippen LogP contribution in [-0.4, -0.2) is 3.72 Å². The van der Waals surface area contributed by atoms with Gasteiger partial charge in [0.1, 0.15) is 8.87 Å². The maximum atomic E-state index is 6.03. The van der Waals surface area contributed by atoms with E-state index in [1.54, 1.807) is 0 Å². The molecule has 0 fully saturated rings. The summed E-state index contributed by atoms with van der Waals surface area (Å²) in [5.74, 6) is 0. The van der Waals surface area contributed by atoms with Gasteiger partial charge in [0.2, 0.25) is 0 Å². The first-order chi connectivity index (χ1) is 15.4. The lowest BCUT2D eigenvalue weighted by Crippen LogP contribution is -2.00. The molecule has 4 rings (SSSR count). The van der Waals surface area contributed by atoms with E-state index in [4.69, 9.17) is 11.6 Å². The van der Waals surface area contributed by atoms with Crippen molar-refractivity contribution < 1.29 is 0 Å². The van der Waals surface area contributed by atoms with Crippen molar-refractivity contribution in [3.8, 4) is 11.1 Å². The number of hydrogen-bond acceptors (Lipinski definition) is 1. The second-order valence-electron chi connectivity index (χ2n) is 7.74. The molecule has 1 nitrogen and oxygen atoms in total. The molecule has 3 heteroatoms. The van der Waals surface area contributed by atoms with Crippen LogP contribution >= 0.6 is 34.2 Å². The largest absolute Gasteiger partial charge is 0.230 e. The van der Waals surface area contributed by atoms with Gasteiger partial charge in [-0.1, -0.05) is 97.0 Å². The molecule has 0 unspecified atom stereocenters. The summed E-state index contributed by atoms with van der Waals surface area (Å²) >= 11 is 8.29. The molecule has 0 aliphatic carbocycles. The Kier molecular flexibility index (Phi) is 6.92. The highest BCUT2D eigenvalue weighted by atomic mass is 127. The van der Waals surface area contributed by atoms with Gasteiger partial charge in [-0.25, -0.2) is 4.99 Å². The normalized spacial score (nSPS) is 12.6. The number of nitrogens with zero attached hydrogens (tertiary/aromatic N) is 1. The molecule has 0 spiro atoms. The Bertz CT molecular complexity index is 1370. The zero-order valence-electron chi connectivity index (χ0n) is 18.1. The lowest BCUT2D eigenvalue weighted by molar-refractivity contribution is 1.43. The number of halogens is 2. The van der Waals surface area contributed by atoms with E-state index < -0.39 is 0 Å². The monoisotopic (exact) mass is 547 g/mol. The van der Waals surface area contributed by atoms with Gasteiger partial charge in [0.05, 0.1) is 0 Å². The minimum atomic E-state index is 0.278. The van der Waals surface area contributed by atoms with Crippen LogP contribution in [0.4, 0.5) is 0 Å². The van der Waals surface area contributed by atoms with Gasteiger partial charge in [0.15, 0.2) is 0 Å². The van der Waals surface area contributed by atoms with Crippen molar-refractivity contribution in [2.45, 2.75) is 13.8 Å². The maximum absolute atomic E-state index is 6.03. The van der Waals surface area contributed by atoms with Crippen molar-refractivity contribution in [1.29, 1.82) is 0 Å². The number of rotatable bonds is 5. The average Bonchev–Trinajstić information content (AvgIpc) is 2.80. The molecule has 158 valence electrons. The summed E-state index contributed by atoms with van der Waals surface area (Å²) in [5, 5.41) is 2.71. The number of aliphatic imine (C=N–C) groups is 1. The Morgan fingerprint density at radius 3 is 2.19 bits per heavy atom. The molecule has 0 aliphatic rings. The number of benzene rings is 4. The zero-order chi connectivity index (χ0) is 22.7. The molecule has 4 aromatic rings. The Balaban J connectivity index is 1.85. The summed E-state index contributed by atoms with van der Waals surface area (Å²) in [7, 11) is 0. The van der Waals surface area contributed by atoms with Gasteiger partial charge in [-0.3, -0.25) is 0 Å². The molecule has 0 radical (unpaired) electrons. The molecule has 0 heterocycles. The Labute approximate surface area is 208 Å². The van der Waals surface area contributed by atoms with Crippen LogP contribution in [0.1, 0.15) is 23.6 Å². The molecule has 0 saturated carbocycles. The molecule has 0 saturated heterocycles. The highest BCUT2D eigenvalue weighted by Gasteiger charge is 2.15. The van der Waals surface area contributed by atoms with Crippen LogP contribution in [0.5, 0.6) is 0 Å². The van der Waals surface area contributed by atoms with Crippen LogP contribution in [0.25, 0.3) is 33.0 Å². The summed E-state index contributed by atoms with van der Waals surface area (Å²) in [6.07, 6.45) is 0. The number of hydrogen-bond donors (Lipinski definition) is 0. The average molecular weight is 548 g/mol. The van der Waals surface area contributed by atoms with Gasteiger partial charge < -0.3 is 0 Å². The SMILES string of the molecule is C=C(Cl)/N=C(I)\C(=C(/C)c1ccc2cc(-c3ccccc3)ccc2c1)c1ccccc1C. The minimum absolute atomic E-state index is 0.278. The van der Waals surface area contributed by atoms with Crippen molar-refractivity contribution in [3.05, 3.63) is 119 Å². The third-order valence-corrected chi connectivity index (χ3v) is 6.46. The summed E-state index contributed by atoms with van der Waals surface area (Å²) < 4.78 is 0.828. The van der Waals surface area contributed by atoms with Crippen LogP contribution in [0.2, 0.25) is 0 Å². The van der Waals surface area contributed by atoms with Gasteiger partial charge in [0.25, 0.3) is 0 Å². The summed E-state index contributed by atoms with van der Waals surface area (Å²) in [6, 6.07) is 32.1. The Hall–Kier alpha value is -2.69. The van der Waals surface area contributed by atoms with E-state index in [1.165, 1.54) is 27.5 Å². The van der Waals surface area contributed by atoms with Crippen LogP contribution in [0.3, 0.4) is 0 Å². The van der Waals surface area contributed by atoms with E-state index in [0.717, 1.165) is 26.0 Å². The van der Waals surface area contributed by atoms with Crippen molar-refractivity contribution in [1.82, 2.24) is 0 Å². The van der Waals surface area contributed by atoms with Crippen molar-refractivity contribution >= 4 is 59.8 Å². The molecule has 0 atom stereocenters. The first-order valence-corrected chi connectivity index (χ1v) is 11.8.